The molecule has 0 amide bonds. The summed E-state index contributed by atoms with van der Waals surface area (Å²) in [5.41, 5.74) is 3.02. The lowest BCUT2D eigenvalue weighted by Gasteiger charge is -2.30. The van der Waals surface area contributed by atoms with Crippen LogP contribution in [-0.2, 0) is 16.1 Å². The summed E-state index contributed by atoms with van der Waals surface area (Å²) in [7, 11) is 0. The maximum atomic E-state index is 13.0. The quantitative estimate of drug-likeness (QED) is 0.0981. The molecule has 5 aromatic rings. The zero-order valence-electron chi connectivity index (χ0n) is 31.3. The largest absolute Gasteiger partial charge is 0.478 e. The molecule has 1 aliphatic heterocycles. The van der Waals surface area contributed by atoms with Gasteiger partial charge in [0.05, 0.1) is 40.5 Å². The summed E-state index contributed by atoms with van der Waals surface area (Å²) < 4.78 is 17.7. The van der Waals surface area contributed by atoms with Crippen LogP contribution in [0.3, 0.4) is 0 Å². The number of hydrogen-bond donors (Lipinski definition) is 2. The van der Waals surface area contributed by atoms with E-state index in [0.29, 0.717) is 53.5 Å². The number of aromatic nitrogens is 2. The van der Waals surface area contributed by atoms with Crippen LogP contribution in [0.5, 0.6) is 23.0 Å². The normalized spacial score (nSPS) is 12.5. The average molecular weight is 729 g/mol. The van der Waals surface area contributed by atoms with Gasteiger partial charge in [-0.15, -0.1) is 0 Å². The molecular formula is C43H44N4O7. The van der Waals surface area contributed by atoms with Crippen molar-refractivity contribution in [2.75, 3.05) is 23.3 Å². The smallest absolute Gasteiger partial charge is 0.336 e. The molecule has 0 radical (unpaired) electrons. The summed E-state index contributed by atoms with van der Waals surface area (Å²) >= 11 is 0. The van der Waals surface area contributed by atoms with Crippen molar-refractivity contribution in [2.24, 2.45) is 10.8 Å². The second kappa shape index (κ2) is 15.4. The number of pyridine rings is 2. The second-order valence-electron chi connectivity index (χ2n) is 15.2. The summed E-state index contributed by atoms with van der Waals surface area (Å²) in [4.78, 5) is 49.4. The van der Waals surface area contributed by atoms with Crippen molar-refractivity contribution in [3.05, 3.63) is 131 Å². The first-order chi connectivity index (χ1) is 25.7. The van der Waals surface area contributed by atoms with Crippen LogP contribution in [0.4, 0.5) is 11.4 Å². The Morgan fingerprint density at radius 3 is 1.94 bits per heavy atom. The molecule has 3 heterocycles. The molecule has 0 atom stereocenters. The lowest BCUT2D eigenvalue weighted by Crippen LogP contribution is -2.29. The van der Waals surface area contributed by atoms with E-state index in [-0.39, 0.29) is 17.1 Å². The lowest BCUT2D eigenvalue weighted by molar-refractivity contribution is -0.143. The molecule has 6 rings (SSSR count). The average Bonchev–Trinajstić information content (AvgIpc) is 3.13. The summed E-state index contributed by atoms with van der Waals surface area (Å²) in [6.45, 7) is 12.3. The number of aromatic carboxylic acids is 1. The van der Waals surface area contributed by atoms with Crippen molar-refractivity contribution >= 4 is 29.3 Å². The van der Waals surface area contributed by atoms with E-state index in [1.807, 2.05) is 42.5 Å². The molecule has 1 aliphatic rings. The van der Waals surface area contributed by atoms with Gasteiger partial charge in [-0.1, -0.05) is 24.3 Å². The fraction of sp³-hybridized carbons (Fsp3) is 0.279. The maximum Gasteiger partial charge on any atom is 0.336 e. The minimum atomic E-state index is -1.10. The van der Waals surface area contributed by atoms with Gasteiger partial charge in [0, 0.05) is 60.3 Å². The van der Waals surface area contributed by atoms with E-state index in [9.17, 15) is 19.5 Å². The molecule has 0 saturated carbocycles. The van der Waals surface area contributed by atoms with Crippen LogP contribution in [-0.4, -0.2) is 46.1 Å². The van der Waals surface area contributed by atoms with Crippen LogP contribution in [0, 0.1) is 10.8 Å². The van der Waals surface area contributed by atoms with Gasteiger partial charge in [-0.25, -0.2) is 4.79 Å². The van der Waals surface area contributed by atoms with Crippen molar-refractivity contribution < 1.29 is 33.7 Å². The molecule has 11 nitrogen and oxygen atoms in total. The van der Waals surface area contributed by atoms with E-state index in [4.69, 9.17) is 14.2 Å². The molecule has 278 valence electrons. The Labute approximate surface area is 314 Å². The van der Waals surface area contributed by atoms with Crippen LogP contribution in [0.15, 0.2) is 104 Å². The first kappa shape index (κ1) is 37.5. The third kappa shape index (κ3) is 8.69. The molecule has 0 bridgehead atoms. The summed E-state index contributed by atoms with van der Waals surface area (Å²) in [5, 5.41) is 14.0. The molecule has 0 fully saturated rings. The van der Waals surface area contributed by atoms with Gasteiger partial charge in [0.15, 0.2) is 0 Å². The highest BCUT2D eigenvalue weighted by Gasteiger charge is 2.34. The zero-order valence-corrected chi connectivity index (χ0v) is 31.3. The topological polar surface area (TPSA) is 140 Å². The van der Waals surface area contributed by atoms with Crippen LogP contribution in [0.25, 0.3) is 0 Å². The Kier molecular flexibility index (Phi) is 10.7. The second-order valence-corrected chi connectivity index (χ2v) is 15.2. The summed E-state index contributed by atoms with van der Waals surface area (Å²) in [6, 6.07) is 25.2. The van der Waals surface area contributed by atoms with Crippen molar-refractivity contribution in [2.45, 2.75) is 54.0 Å². The molecular weight excluding hydrogens is 684 g/mol. The number of nitrogens with one attached hydrogen (secondary N) is 1. The van der Waals surface area contributed by atoms with Crippen molar-refractivity contribution in [3.8, 4) is 23.0 Å². The van der Waals surface area contributed by atoms with E-state index in [1.54, 1.807) is 103 Å². The first-order valence-electron chi connectivity index (χ1n) is 17.7. The standard InChI is InChI=1S/C43H44N4O7/c1-42(2,3)40(50)52-30-13-16-33-36(23-30)54-37-24-31(53-41(51)43(4,5)6)14-17-34(37)38(33)32-15-12-27(22-35(32)39(48)49)46-20-21-47(29-11-9-18-44-25-29)26-28-10-7-8-19-45-28/h7-19,22-25,38,46H,20-21,26H2,1-6H3,(H,48,49). The van der Waals surface area contributed by atoms with E-state index in [1.165, 1.54) is 0 Å². The Balaban J connectivity index is 1.32. The molecule has 0 unspecified atom stereocenters. The predicted molar refractivity (Wildman–Crippen MR) is 205 cm³/mol. The van der Waals surface area contributed by atoms with E-state index >= 15 is 0 Å². The van der Waals surface area contributed by atoms with Crippen LogP contribution < -0.4 is 24.4 Å². The Morgan fingerprint density at radius 2 is 1.41 bits per heavy atom. The molecule has 2 N–H and O–H groups in total. The van der Waals surface area contributed by atoms with Gasteiger partial charge in [-0.05, 0) is 95.6 Å². The fourth-order valence-electron chi connectivity index (χ4n) is 5.92. The minimum absolute atomic E-state index is 0.105. The maximum absolute atomic E-state index is 13.0. The molecule has 54 heavy (non-hydrogen) atoms. The number of carboxylic acid groups (broad SMARTS) is 1. The van der Waals surface area contributed by atoms with Gasteiger partial charge in [0.1, 0.15) is 23.0 Å². The number of anilines is 2. The number of fused-ring (bicyclic) bond motifs is 2. The summed E-state index contributed by atoms with van der Waals surface area (Å²) in [6.07, 6.45) is 5.30. The number of rotatable bonds is 11. The predicted octanol–water partition coefficient (Wildman–Crippen LogP) is 8.48. The van der Waals surface area contributed by atoms with Crippen LogP contribution in [0.1, 0.15) is 80.2 Å². The van der Waals surface area contributed by atoms with Crippen LogP contribution >= 0.6 is 0 Å². The van der Waals surface area contributed by atoms with E-state index < -0.39 is 34.7 Å². The molecule has 11 heteroatoms. The monoisotopic (exact) mass is 728 g/mol. The highest BCUT2D eigenvalue weighted by atomic mass is 16.5. The van der Waals surface area contributed by atoms with E-state index in [2.05, 4.69) is 20.2 Å². The summed E-state index contributed by atoms with van der Waals surface area (Å²) in [5.74, 6) is -1.17. The fourth-order valence-corrected chi connectivity index (χ4v) is 5.92. The van der Waals surface area contributed by atoms with Gasteiger partial charge in [0.2, 0.25) is 0 Å². The number of esters is 2. The Bertz CT molecular complexity index is 2080. The number of nitrogens with zero attached hydrogens (tertiary/aromatic N) is 3. The number of ether oxygens (including phenoxy) is 3. The first-order valence-corrected chi connectivity index (χ1v) is 17.7. The SMILES string of the molecule is CC(C)(C)C(=O)Oc1ccc2c(c1)Oc1cc(OC(=O)C(C)(C)C)ccc1C2c1ccc(NCCN(Cc2ccccn2)c2cccnc2)cc1C(=O)O. The number of carboxylic acids is 1. The highest BCUT2D eigenvalue weighted by molar-refractivity contribution is 5.92. The number of benzene rings is 3. The molecule has 3 aromatic carbocycles. The van der Waals surface area contributed by atoms with Gasteiger partial charge < -0.3 is 29.5 Å². The van der Waals surface area contributed by atoms with Gasteiger partial charge in [0.25, 0.3) is 0 Å². The third-order valence-corrected chi connectivity index (χ3v) is 8.85. The van der Waals surface area contributed by atoms with E-state index in [0.717, 1.165) is 11.4 Å². The molecule has 2 aromatic heterocycles. The highest BCUT2D eigenvalue weighted by Crippen LogP contribution is 2.50. The number of carbonyl (C=O) groups excluding carboxylic acids is 2. The molecule has 0 saturated heterocycles. The van der Waals surface area contributed by atoms with Gasteiger partial charge in [-0.3, -0.25) is 19.6 Å². The molecule has 0 aliphatic carbocycles. The van der Waals surface area contributed by atoms with Gasteiger partial charge >= 0.3 is 17.9 Å². The van der Waals surface area contributed by atoms with Crippen molar-refractivity contribution in [1.82, 2.24) is 9.97 Å². The zero-order chi connectivity index (χ0) is 38.6. The van der Waals surface area contributed by atoms with Crippen molar-refractivity contribution in [1.29, 1.82) is 0 Å². The Morgan fingerprint density at radius 1 is 0.778 bits per heavy atom. The minimum Gasteiger partial charge on any atom is -0.478 e. The third-order valence-electron chi connectivity index (χ3n) is 8.85. The number of hydrogen-bond acceptors (Lipinski definition) is 10. The Hall–Kier alpha value is -6.23. The van der Waals surface area contributed by atoms with Crippen LogP contribution in [0.2, 0.25) is 0 Å². The molecule has 0 spiro atoms. The lowest BCUT2D eigenvalue weighted by atomic mass is 9.80. The van der Waals surface area contributed by atoms with Crippen molar-refractivity contribution in [3.63, 3.8) is 0 Å². The number of carbonyl (C=O) groups is 3. The van der Waals surface area contributed by atoms with Gasteiger partial charge in [-0.2, -0.15) is 0 Å².